The second-order valence-corrected chi connectivity index (χ2v) is 11.2. The molecule has 0 bridgehead atoms. The number of nitrogens with zero attached hydrogens (tertiary/aromatic N) is 3. The molecule has 5 atom stereocenters. The number of carbonyl (C=O) groups excluding carboxylic acids is 2. The van der Waals surface area contributed by atoms with Gasteiger partial charge in [-0.1, -0.05) is 45.4 Å². The molecule has 4 fully saturated rings. The number of nitriles is 1. The van der Waals surface area contributed by atoms with E-state index in [9.17, 15) is 14.9 Å². The maximum absolute atomic E-state index is 13.5. The van der Waals surface area contributed by atoms with E-state index in [1.165, 1.54) is 32.1 Å². The topological polar surface area (TPSA) is 85.7 Å². The zero-order chi connectivity index (χ0) is 23.9. The van der Waals surface area contributed by atoms with Gasteiger partial charge in [0.25, 0.3) is 0 Å². The molecule has 2 saturated heterocycles. The average Bonchev–Trinajstić information content (AvgIpc) is 3.33. The van der Waals surface area contributed by atoms with Gasteiger partial charge in [0, 0.05) is 50.6 Å². The van der Waals surface area contributed by atoms with Crippen LogP contribution in [0.1, 0.15) is 77.6 Å². The van der Waals surface area contributed by atoms with Gasteiger partial charge in [-0.3, -0.25) is 14.5 Å². The maximum atomic E-state index is 13.5. The summed E-state index contributed by atoms with van der Waals surface area (Å²) in [6, 6.07) is 3.10. The van der Waals surface area contributed by atoms with Gasteiger partial charge in [-0.2, -0.15) is 5.26 Å². The summed E-state index contributed by atoms with van der Waals surface area (Å²) in [5.41, 5.74) is 0. The zero-order valence-electron chi connectivity index (χ0n) is 21.1. The maximum Gasteiger partial charge on any atom is 0.223 e. The summed E-state index contributed by atoms with van der Waals surface area (Å²) in [6.07, 6.45) is 11.6. The zero-order valence-corrected chi connectivity index (χ0v) is 21.1. The molecule has 4 aliphatic rings. The first-order chi connectivity index (χ1) is 16.5. The summed E-state index contributed by atoms with van der Waals surface area (Å²) < 4.78 is 5.40. The number of hydrogen-bond donors (Lipinski definition) is 1. The van der Waals surface area contributed by atoms with Crippen LogP contribution in [-0.4, -0.2) is 73.1 Å². The Bertz CT molecular complexity index is 726. The summed E-state index contributed by atoms with van der Waals surface area (Å²) in [4.78, 5) is 30.9. The smallest absolute Gasteiger partial charge is 0.223 e. The molecule has 2 heterocycles. The standard InChI is InChI=1S/C27H44N4O3/c1-20-22(18-28)8-5-9-25(20)31-11-10-24(19-31)29-27(33)23(16-21-6-3-2-4-7-21)17-26(32)30-12-14-34-15-13-30/h20-25H,2-17,19H2,1H3,(H,29,33)/t20?,22-,23-,24?,25?/m1/s1. The van der Waals surface area contributed by atoms with Gasteiger partial charge in [0.15, 0.2) is 0 Å². The summed E-state index contributed by atoms with van der Waals surface area (Å²) in [7, 11) is 0. The van der Waals surface area contributed by atoms with Crippen LogP contribution in [0.15, 0.2) is 0 Å². The number of likely N-dealkylation sites (tertiary alicyclic amines) is 1. The minimum Gasteiger partial charge on any atom is -0.378 e. The van der Waals surface area contributed by atoms with E-state index >= 15 is 0 Å². The van der Waals surface area contributed by atoms with Crippen molar-refractivity contribution in [3.05, 3.63) is 0 Å². The number of ether oxygens (including phenoxy) is 1. The first-order valence-electron chi connectivity index (χ1n) is 13.8. The molecule has 4 rings (SSSR count). The predicted molar refractivity (Wildman–Crippen MR) is 131 cm³/mol. The fraction of sp³-hybridized carbons (Fsp3) is 0.889. The van der Waals surface area contributed by atoms with E-state index in [4.69, 9.17) is 4.74 Å². The first kappa shape index (κ1) is 25.4. The van der Waals surface area contributed by atoms with Crippen LogP contribution in [0.2, 0.25) is 0 Å². The number of rotatable bonds is 7. The van der Waals surface area contributed by atoms with E-state index < -0.39 is 0 Å². The van der Waals surface area contributed by atoms with E-state index in [2.05, 4.69) is 23.2 Å². The van der Waals surface area contributed by atoms with Gasteiger partial charge in [0.05, 0.1) is 25.2 Å². The fourth-order valence-electron chi connectivity index (χ4n) is 6.82. The van der Waals surface area contributed by atoms with Crippen molar-refractivity contribution >= 4 is 11.8 Å². The van der Waals surface area contributed by atoms with Crippen molar-refractivity contribution in [3.63, 3.8) is 0 Å². The van der Waals surface area contributed by atoms with Crippen LogP contribution in [0.3, 0.4) is 0 Å². The summed E-state index contributed by atoms with van der Waals surface area (Å²) in [5, 5.41) is 12.8. The van der Waals surface area contributed by atoms with Gasteiger partial charge in [0.2, 0.25) is 11.8 Å². The minimum absolute atomic E-state index is 0.0747. The third-order valence-corrected chi connectivity index (χ3v) is 8.96. The Balaban J connectivity index is 1.33. The molecule has 7 heteroatoms. The monoisotopic (exact) mass is 472 g/mol. The molecule has 3 unspecified atom stereocenters. The Morgan fingerprint density at radius 1 is 1.03 bits per heavy atom. The highest BCUT2D eigenvalue weighted by molar-refractivity contribution is 5.86. The SMILES string of the molecule is CC1C(N2CCC(NC(=O)[C@@H](CC(=O)N3CCOCC3)CC3CCCCC3)C2)CCC[C@@H]1C#N. The summed E-state index contributed by atoms with van der Waals surface area (Å²) in [5.74, 6) is 1.05. The van der Waals surface area contributed by atoms with Crippen LogP contribution in [0.5, 0.6) is 0 Å². The number of amides is 2. The number of morpholine rings is 1. The van der Waals surface area contributed by atoms with Crippen molar-refractivity contribution in [1.29, 1.82) is 5.26 Å². The third-order valence-electron chi connectivity index (χ3n) is 8.96. The quantitative estimate of drug-likeness (QED) is 0.614. The highest BCUT2D eigenvalue weighted by Gasteiger charge is 2.38. The lowest BCUT2D eigenvalue weighted by atomic mass is 9.77. The average molecular weight is 473 g/mol. The van der Waals surface area contributed by atoms with Gasteiger partial charge < -0.3 is 15.0 Å². The van der Waals surface area contributed by atoms with Crippen LogP contribution >= 0.6 is 0 Å². The van der Waals surface area contributed by atoms with Crippen molar-refractivity contribution in [2.24, 2.45) is 23.7 Å². The Kier molecular flexibility index (Phi) is 9.24. The molecule has 0 aromatic carbocycles. The number of nitrogens with one attached hydrogen (secondary N) is 1. The molecular weight excluding hydrogens is 428 g/mol. The molecule has 0 radical (unpaired) electrons. The predicted octanol–water partition coefficient (Wildman–Crippen LogP) is 3.34. The Morgan fingerprint density at radius 2 is 1.79 bits per heavy atom. The molecule has 7 nitrogen and oxygen atoms in total. The molecular formula is C27H44N4O3. The van der Waals surface area contributed by atoms with Gasteiger partial charge in [-0.25, -0.2) is 0 Å². The number of hydrogen-bond acceptors (Lipinski definition) is 5. The summed E-state index contributed by atoms with van der Waals surface area (Å²) >= 11 is 0. The van der Waals surface area contributed by atoms with Crippen molar-refractivity contribution in [2.45, 2.75) is 89.6 Å². The second kappa shape index (κ2) is 12.4. The van der Waals surface area contributed by atoms with Crippen molar-refractivity contribution < 1.29 is 14.3 Å². The fourth-order valence-corrected chi connectivity index (χ4v) is 6.82. The number of carbonyl (C=O) groups is 2. The van der Waals surface area contributed by atoms with Gasteiger partial charge >= 0.3 is 0 Å². The van der Waals surface area contributed by atoms with Gasteiger partial charge in [-0.05, 0) is 37.5 Å². The molecule has 0 spiro atoms. The van der Waals surface area contributed by atoms with E-state index in [0.29, 0.717) is 50.6 Å². The highest BCUT2D eigenvalue weighted by atomic mass is 16.5. The van der Waals surface area contributed by atoms with Crippen molar-refractivity contribution in [3.8, 4) is 6.07 Å². The van der Waals surface area contributed by atoms with Crippen LogP contribution in [0, 0.1) is 35.0 Å². The highest BCUT2D eigenvalue weighted by Crippen LogP contribution is 2.35. The van der Waals surface area contributed by atoms with E-state index in [1.54, 1.807) is 0 Å². The van der Waals surface area contributed by atoms with Crippen LogP contribution < -0.4 is 5.32 Å². The van der Waals surface area contributed by atoms with E-state index in [-0.39, 0.29) is 29.7 Å². The van der Waals surface area contributed by atoms with Crippen LogP contribution in [-0.2, 0) is 14.3 Å². The van der Waals surface area contributed by atoms with E-state index in [0.717, 1.165) is 45.2 Å². The molecule has 2 saturated carbocycles. The molecule has 34 heavy (non-hydrogen) atoms. The Labute approximate surface area is 205 Å². The van der Waals surface area contributed by atoms with Crippen LogP contribution in [0.4, 0.5) is 0 Å². The lowest BCUT2D eigenvalue weighted by Crippen LogP contribution is -2.47. The van der Waals surface area contributed by atoms with Gasteiger partial charge in [-0.15, -0.1) is 0 Å². The minimum atomic E-state index is -0.232. The largest absolute Gasteiger partial charge is 0.378 e. The normalized spacial score (nSPS) is 32.2. The van der Waals surface area contributed by atoms with Crippen molar-refractivity contribution in [2.75, 3.05) is 39.4 Å². The third kappa shape index (κ3) is 6.51. The molecule has 0 aromatic rings. The molecule has 1 N–H and O–H groups in total. The van der Waals surface area contributed by atoms with E-state index in [1.807, 2.05) is 4.90 Å². The summed E-state index contributed by atoms with van der Waals surface area (Å²) in [6.45, 7) is 6.53. The lowest BCUT2D eigenvalue weighted by Gasteiger charge is -2.38. The molecule has 0 aromatic heterocycles. The second-order valence-electron chi connectivity index (χ2n) is 11.2. The Hall–Kier alpha value is -1.65. The molecule has 190 valence electrons. The first-order valence-corrected chi connectivity index (χ1v) is 13.8. The Morgan fingerprint density at radius 3 is 2.53 bits per heavy atom. The lowest BCUT2D eigenvalue weighted by molar-refractivity contribution is -0.140. The van der Waals surface area contributed by atoms with Crippen molar-refractivity contribution in [1.82, 2.24) is 15.1 Å². The molecule has 2 aliphatic heterocycles. The molecule has 2 aliphatic carbocycles. The molecule has 2 amide bonds. The van der Waals surface area contributed by atoms with Gasteiger partial charge in [0.1, 0.15) is 0 Å². The van der Waals surface area contributed by atoms with Crippen LogP contribution in [0.25, 0.3) is 0 Å².